The van der Waals surface area contributed by atoms with Crippen LogP contribution < -0.4 is 0 Å². The molecule has 0 atom stereocenters. The van der Waals surface area contributed by atoms with Crippen LogP contribution in [0.1, 0.15) is 26.7 Å². The molecule has 2 heterocycles. The first-order chi connectivity index (χ1) is 8.54. The average molecular weight is 250 g/mol. The molecule has 5 heteroatoms. The maximum Gasteiger partial charge on any atom is 0.320 e. The number of nitrogens with zero attached hydrogens (tertiary/aromatic N) is 4. The largest absolute Gasteiger partial charge is 0.325 e. The highest BCUT2D eigenvalue weighted by molar-refractivity contribution is 5.74. The van der Waals surface area contributed by atoms with Crippen LogP contribution >= 0.6 is 0 Å². The Bertz CT molecular complexity index is 346. The number of carbonyl (C=O) groups excluding carboxylic acids is 1. The lowest BCUT2D eigenvalue weighted by atomic mass is 10.0. The van der Waals surface area contributed by atoms with Gasteiger partial charge in [-0.05, 0) is 26.7 Å². The summed E-state index contributed by atoms with van der Waals surface area (Å²) in [4.78, 5) is 18.2. The Labute approximate surface area is 109 Å². The normalized spacial score (nSPS) is 22.1. The summed E-state index contributed by atoms with van der Waals surface area (Å²) >= 11 is 0. The molecule has 0 spiro atoms. The molecule has 0 N–H and O–H groups in total. The number of carbonyl (C=O) groups is 1. The van der Waals surface area contributed by atoms with E-state index in [1.54, 1.807) is 0 Å². The summed E-state index contributed by atoms with van der Waals surface area (Å²) in [5.41, 5.74) is -0.428. The Morgan fingerprint density at radius 3 is 2.00 bits per heavy atom. The molecule has 2 aliphatic rings. The van der Waals surface area contributed by atoms with Crippen molar-refractivity contribution in [3.05, 3.63) is 0 Å². The molecule has 2 fully saturated rings. The van der Waals surface area contributed by atoms with Crippen molar-refractivity contribution in [3.8, 4) is 6.07 Å². The van der Waals surface area contributed by atoms with Gasteiger partial charge in [0.25, 0.3) is 0 Å². The van der Waals surface area contributed by atoms with E-state index in [1.807, 2.05) is 23.6 Å². The van der Waals surface area contributed by atoms with E-state index in [0.29, 0.717) is 0 Å². The number of rotatable bonds is 1. The van der Waals surface area contributed by atoms with Crippen molar-refractivity contribution >= 4 is 6.03 Å². The molecule has 2 saturated heterocycles. The molecule has 5 nitrogen and oxygen atoms in total. The number of likely N-dealkylation sites (tertiary alicyclic amines) is 1. The zero-order valence-corrected chi connectivity index (χ0v) is 11.4. The van der Waals surface area contributed by atoms with Gasteiger partial charge in [-0.1, -0.05) is 0 Å². The third kappa shape index (κ3) is 2.59. The van der Waals surface area contributed by atoms with E-state index in [0.717, 1.165) is 52.1 Å². The molecule has 0 bridgehead atoms. The minimum atomic E-state index is -0.428. The third-order valence-electron chi connectivity index (χ3n) is 3.99. The summed E-state index contributed by atoms with van der Waals surface area (Å²) in [6.07, 6.45) is 2.26. The third-order valence-corrected chi connectivity index (χ3v) is 3.99. The smallest absolute Gasteiger partial charge is 0.320 e. The van der Waals surface area contributed by atoms with Crippen LogP contribution in [0.5, 0.6) is 0 Å². The Hall–Kier alpha value is -1.28. The van der Waals surface area contributed by atoms with Gasteiger partial charge in [0.05, 0.1) is 6.07 Å². The molecule has 0 radical (unpaired) electrons. The second-order valence-corrected chi connectivity index (χ2v) is 5.62. The number of hydrogen-bond donors (Lipinski definition) is 0. The van der Waals surface area contributed by atoms with Crippen LogP contribution in [0.25, 0.3) is 0 Å². The lowest BCUT2D eigenvalue weighted by molar-refractivity contribution is 0.0815. The Morgan fingerprint density at radius 2 is 1.50 bits per heavy atom. The average Bonchev–Trinajstić information content (AvgIpc) is 2.92. The fourth-order valence-electron chi connectivity index (χ4n) is 2.64. The molecule has 2 amide bonds. The summed E-state index contributed by atoms with van der Waals surface area (Å²) < 4.78 is 0. The summed E-state index contributed by atoms with van der Waals surface area (Å²) in [5, 5.41) is 9.11. The van der Waals surface area contributed by atoms with Crippen molar-refractivity contribution in [2.75, 3.05) is 39.3 Å². The lowest BCUT2D eigenvalue weighted by Crippen LogP contribution is -2.57. The summed E-state index contributed by atoms with van der Waals surface area (Å²) in [6, 6.07) is 2.50. The van der Waals surface area contributed by atoms with Crippen molar-refractivity contribution in [1.82, 2.24) is 14.7 Å². The molecule has 0 aromatic carbocycles. The topological polar surface area (TPSA) is 50.6 Å². The highest BCUT2D eigenvalue weighted by atomic mass is 16.2. The van der Waals surface area contributed by atoms with Crippen molar-refractivity contribution < 1.29 is 4.79 Å². The van der Waals surface area contributed by atoms with E-state index in [1.165, 1.54) is 0 Å². The molecule has 0 aliphatic carbocycles. The number of urea groups is 1. The monoisotopic (exact) mass is 250 g/mol. The van der Waals surface area contributed by atoms with E-state index in [9.17, 15) is 4.79 Å². The summed E-state index contributed by atoms with van der Waals surface area (Å²) in [7, 11) is 0. The fourth-order valence-corrected chi connectivity index (χ4v) is 2.64. The first-order valence-corrected chi connectivity index (χ1v) is 6.75. The number of amides is 2. The second-order valence-electron chi connectivity index (χ2n) is 5.62. The Kier molecular flexibility index (Phi) is 3.76. The van der Waals surface area contributed by atoms with Crippen LogP contribution in [-0.4, -0.2) is 65.5 Å². The quantitative estimate of drug-likeness (QED) is 0.701. The molecule has 0 unspecified atom stereocenters. The Morgan fingerprint density at radius 1 is 1.00 bits per heavy atom. The van der Waals surface area contributed by atoms with Gasteiger partial charge in [-0.3, -0.25) is 4.90 Å². The van der Waals surface area contributed by atoms with Crippen LogP contribution in [0.3, 0.4) is 0 Å². The predicted molar refractivity (Wildman–Crippen MR) is 69.0 cm³/mol. The molecule has 0 saturated carbocycles. The van der Waals surface area contributed by atoms with Gasteiger partial charge in [-0.25, -0.2) is 4.79 Å². The van der Waals surface area contributed by atoms with Crippen molar-refractivity contribution in [1.29, 1.82) is 5.26 Å². The molecular weight excluding hydrogens is 228 g/mol. The van der Waals surface area contributed by atoms with Crippen LogP contribution in [0.15, 0.2) is 0 Å². The molecule has 100 valence electrons. The van der Waals surface area contributed by atoms with Crippen molar-refractivity contribution in [2.45, 2.75) is 32.2 Å². The van der Waals surface area contributed by atoms with Gasteiger partial charge in [-0.15, -0.1) is 0 Å². The van der Waals surface area contributed by atoms with Crippen LogP contribution in [0, 0.1) is 11.3 Å². The zero-order valence-electron chi connectivity index (χ0n) is 11.4. The Balaban J connectivity index is 1.87. The van der Waals surface area contributed by atoms with E-state index < -0.39 is 5.54 Å². The van der Waals surface area contributed by atoms with Crippen LogP contribution in [0.2, 0.25) is 0 Å². The molecule has 0 aromatic rings. The summed E-state index contributed by atoms with van der Waals surface area (Å²) in [5.74, 6) is 0. The number of nitriles is 1. The predicted octanol–water partition coefficient (Wildman–Crippen LogP) is 1.12. The number of piperazine rings is 1. The molecule has 2 rings (SSSR count). The molecule has 0 aromatic heterocycles. The van der Waals surface area contributed by atoms with Crippen LogP contribution in [-0.2, 0) is 0 Å². The SMILES string of the molecule is CC(C)(C#N)N1CCN(C(=O)N2CCCC2)CC1. The maximum absolute atomic E-state index is 12.2. The molecular formula is C13H22N4O. The maximum atomic E-state index is 12.2. The van der Waals surface area contributed by atoms with E-state index >= 15 is 0 Å². The van der Waals surface area contributed by atoms with E-state index in [2.05, 4.69) is 11.0 Å². The van der Waals surface area contributed by atoms with E-state index in [4.69, 9.17) is 5.26 Å². The zero-order chi connectivity index (χ0) is 13.2. The van der Waals surface area contributed by atoms with Gasteiger partial charge in [0.15, 0.2) is 0 Å². The van der Waals surface area contributed by atoms with Crippen LogP contribution in [0.4, 0.5) is 4.79 Å². The standard InChI is InChI=1S/C13H22N4O/c1-13(2,11-14)17-9-7-16(8-10-17)12(18)15-5-3-4-6-15/h3-10H2,1-2H3. The van der Waals surface area contributed by atoms with E-state index in [-0.39, 0.29) is 6.03 Å². The summed E-state index contributed by atoms with van der Waals surface area (Å²) in [6.45, 7) is 8.74. The van der Waals surface area contributed by atoms with Gasteiger partial charge in [0, 0.05) is 39.3 Å². The molecule has 18 heavy (non-hydrogen) atoms. The fraction of sp³-hybridized carbons (Fsp3) is 0.846. The first kappa shape index (κ1) is 13.2. The lowest BCUT2D eigenvalue weighted by Gasteiger charge is -2.41. The van der Waals surface area contributed by atoms with Gasteiger partial charge in [-0.2, -0.15) is 5.26 Å². The minimum absolute atomic E-state index is 0.182. The minimum Gasteiger partial charge on any atom is -0.325 e. The van der Waals surface area contributed by atoms with Gasteiger partial charge in [0.2, 0.25) is 0 Å². The second kappa shape index (κ2) is 5.15. The highest BCUT2D eigenvalue weighted by Crippen LogP contribution is 2.17. The highest BCUT2D eigenvalue weighted by Gasteiger charge is 2.32. The van der Waals surface area contributed by atoms with Gasteiger partial charge >= 0.3 is 6.03 Å². The van der Waals surface area contributed by atoms with Crippen molar-refractivity contribution in [3.63, 3.8) is 0 Å². The van der Waals surface area contributed by atoms with Gasteiger partial charge in [0.1, 0.15) is 5.54 Å². The van der Waals surface area contributed by atoms with Gasteiger partial charge < -0.3 is 9.80 Å². The number of hydrogen-bond acceptors (Lipinski definition) is 3. The van der Waals surface area contributed by atoms with Crippen molar-refractivity contribution in [2.24, 2.45) is 0 Å². The first-order valence-electron chi connectivity index (χ1n) is 6.75. The molecule has 2 aliphatic heterocycles.